The number of aromatic nitrogens is 2. The van der Waals surface area contributed by atoms with Crippen molar-refractivity contribution in [1.82, 2.24) is 14.9 Å². The van der Waals surface area contributed by atoms with Crippen molar-refractivity contribution >= 4 is 41.0 Å². The van der Waals surface area contributed by atoms with E-state index in [0.717, 1.165) is 23.4 Å². The van der Waals surface area contributed by atoms with E-state index in [1.165, 1.54) is 0 Å². The molecule has 0 aliphatic heterocycles. The lowest BCUT2D eigenvalue weighted by Gasteiger charge is -2.06. The van der Waals surface area contributed by atoms with Crippen LogP contribution in [0.25, 0.3) is 11.0 Å². The van der Waals surface area contributed by atoms with Gasteiger partial charge in [0, 0.05) is 13.1 Å². The SMILES string of the molecule is C=CCNC(N)=NCCn1c(C)nc2ccccc21.I. The summed E-state index contributed by atoms with van der Waals surface area (Å²) in [5.41, 5.74) is 7.86. The standard InChI is InChI=1S/C14H19N5.HI/c1-3-8-16-14(15)17-9-10-19-11(2)18-12-6-4-5-7-13(12)19;/h3-7H,1,8-10H2,2H3,(H3,15,16,17);1H. The number of guanidine groups is 1. The van der Waals surface area contributed by atoms with Crippen molar-refractivity contribution in [3.63, 3.8) is 0 Å². The average molecular weight is 385 g/mol. The summed E-state index contributed by atoms with van der Waals surface area (Å²) < 4.78 is 2.15. The van der Waals surface area contributed by atoms with Gasteiger partial charge in [-0.25, -0.2) is 4.98 Å². The van der Waals surface area contributed by atoms with Crippen LogP contribution in [0.4, 0.5) is 0 Å². The number of para-hydroxylation sites is 2. The van der Waals surface area contributed by atoms with Gasteiger partial charge < -0.3 is 15.6 Å². The molecule has 0 bridgehead atoms. The number of halogens is 1. The molecule has 0 amide bonds. The highest BCUT2D eigenvalue weighted by molar-refractivity contribution is 14.0. The molecule has 1 aromatic carbocycles. The Labute approximate surface area is 136 Å². The van der Waals surface area contributed by atoms with Gasteiger partial charge in [-0.3, -0.25) is 4.99 Å². The zero-order valence-electron chi connectivity index (χ0n) is 11.5. The highest BCUT2D eigenvalue weighted by atomic mass is 127. The van der Waals surface area contributed by atoms with Gasteiger partial charge in [0.1, 0.15) is 5.82 Å². The largest absolute Gasteiger partial charge is 0.370 e. The fourth-order valence-corrected chi connectivity index (χ4v) is 1.98. The van der Waals surface area contributed by atoms with Crippen molar-refractivity contribution in [2.45, 2.75) is 13.5 Å². The first-order chi connectivity index (χ1) is 9.22. The zero-order valence-corrected chi connectivity index (χ0v) is 13.9. The van der Waals surface area contributed by atoms with Crippen molar-refractivity contribution in [1.29, 1.82) is 0 Å². The number of aliphatic imine (C=N–C) groups is 1. The molecule has 6 heteroatoms. The maximum Gasteiger partial charge on any atom is 0.188 e. The molecule has 0 saturated carbocycles. The lowest BCUT2D eigenvalue weighted by atomic mass is 10.3. The van der Waals surface area contributed by atoms with E-state index < -0.39 is 0 Å². The first-order valence-electron chi connectivity index (χ1n) is 6.29. The van der Waals surface area contributed by atoms with Crippen LogP contribution in [0, 0.1) is 6.92 Å². The molecule has 2 aromatic rings. The van der Waals surface area contributed by atoms with Gasteiger partial charge >= 0.3 is 0 Å². The average Bonchev–Trinajstić information content (AvgIpc) is 2.73. The number of rotatable bonds is 5. The number of fused-ring (bicyclic) bond motifs is 1. The fraction of sp³-hybridized carbons (Fsp3) is 0.286. The van der Waals surface area contributed by atoms with E-state index in [9.17, 15) is 0 Å². The van der Waals surface area contributed by atoms with E-state index in [4.69, 9.17) is 5.73 Å². The Morgan fingerprint density at radius 1 is 1.50 bits per heavy atom. The molecular formula is C14H20IN5. The van der Waals surface area contributed by atoms with E-state index in [2.05, 4.69) is 32.5 Å². The molecule has 1 aromatic heterocycles. The molecule has 0 unspecified atom stereocenters. The molecule has 3 N–H and O–H groups in total. The third-order valence-electron chi connectivity index (χ3n) is 2.88. The molecule has 0 radical (unpaired) electrons. The van der Waals surface area contributed by atoms with Gasteiger partial charge in [-0.05, 0) is 19.1 Å². The highest BCUT2D eigenvalue weighted by Crippen LogP contribution is 2.14. The summed E-state index contributed by atoms with van der Waals surface area (Å²) in [7, 11) is 0. The van der Waals surface area contributed by atoms with Crippen LogP contribution in [0.2, 0.25) is 0 Å². The molecule has 0 atom stereocenters. The molecule has 0 fully saturated rings. The van der Waals surface area contributed by atoms with Crippen LogP contribution < -0.4 is 11.1 Å². The van der Waals surface area contributed by atoms with Crippen LogP contribution >= 0.6 is 24.0 Å². The Bertz CT molecular complexity index is 603. The highest BCUT2D eigenvalue weighted by Gasteiger charge is 2.05. The van der Waals surface area contributed by atoms with Crippen LogP contribution in [-0.2, 0) is 6.54 Å². The van der Waals surface area contributed by atoms with Crippen LogP contribution in [0.5, 0.6) is 0 Å². The smallest absolute Gasteiger partial charge is 0.188 e. The number of hydrogen-bond acceptors (Lipinski definition) is 2. The molecule has 0 aliphatic rings. The fourth-order valence-electron chi connectivity index (χ4n) is 1.98. The number of nitrogens with zero attached hydrogens (tertiary/aromatic N) is 3. The molecule has 108 valence electrons. The predicted molar refractivity (Wildman–Crippen MR) is 94.6 cm³/mol. The predicted octanol–water partition coefficient (Wildman–Crippen LogP) is 2.05. The number of nitrogens with one attached hydrogen (secondary N) is 1. The minimum Gasteiger partial charge on any atom is -0.370 e. The molecule has 5 nitrogen and oxygen atoms in total. The van der Waals surface area contributed by atoms with Crippen molar-refractivity contribution in [2.75, 3.05) is 13.1 Å². The van der Waals surface area contributed by atoms with Crippen molar-refractivity contribution in [3.05, 3.63) is 42.7 Å². The van der Waals surface area contributed by atoms with E-state index >= 15 is 0 Å². The second-order valence-electron chi connectivity index (χ2n) is 4.24. The molecule has 20 heavy (non-hydrogen) atoms. The summed E-state index contributed by atoms with van der Waals surface area (Å²) >= 11 is 0. The molecule has 0 spiro atoms. The van der Waals surface area contributed by atoms with Gasteiger partial charge in [-0.2, -0.15) is 0 Å². The Morgan fingerprint density at radius 3 is 3.00 bits per heavy atom. The first kappa shape index (κ1) is 16.5. The maximum atomic E-state index is 5.72. The monoisotopic (exact) mass is 385 g/mol. The van der Waals surface area contributed by atoms with Gasteiger partial charge in [0.05, 0.1) is 17.6 Å². The Balaban J connectivity index is 0.00000200. The summed E-state index contributed by atoms with van der Waals surface area (Å²) in [6.07, 6.45) is 1.75. The molecule has 2 rings (SSSR count). The summed E-state index contributed by atoms with van der Waals surface area (Å²) in [6, 6.07) is 8.10. The Kier molecular flexibility index (Phi) is 6.50. The quantitative estimate of drug-likeness (QED) is 0.358. The topological polar surface area (TPSA) is 68.2 Å². The van der Waals surface area contributed by atoms with E-state index in [0.29, 0.717) is 19.0 Å². The summed E-state index contributed by atoms with van der Waals surface area (Å²) in [5, 5.41) is 2.95. The number of imidazole rings is 1. The van der Waals surface area contributed by atoms with Crippen molar-refractivity contribution in [2.24, 2.45) is 10.7 Å². The van der Waals surface area contributed by atoms with Gasteiger partial charge in [-0.1, -0.05) is 18.2 Å². The van der Waals surface area contributed by atoms with Crippen LogP contribution in [-0.4, -0.2) is 28.6 Å². The van der Waals surface area contributed by atoms with Crippen molar-refractivity contribution < 1.29 is 0 Å². The van der Waals surface area contributed by atoms with Crippen LogP contribution in [0.15, 0.2) is 41.9 Å². The summed E-state index contributed by atoms with van der Waals surface area (Å²) in [5.74, 6) is 1.44. The lowest BCUT2D eigenvalue weighted by Crippen LogP contribution is -2.32. The Hall–Kier alpha value is -1.57. The van der Waals surface area contributed by atoms with Gasteiger partial charge in [-0.15, -0.1) is 30.6 Å². The number of nitrogens with two attached hydrogens (primary N) is 1. The Morgan fingerprint density at radius 2 is 2.25 bits per heavy atom. The first-order valence-corrected chi connectivity index (χ1v) is 6.29. The third-order valence-corrected chi connectivity index (χ3v) is 2.88. The second-order valence-corrected chi connectivity index (χ2v) is 4.24. The van der Waals surface area contributed by atoms with Crippen LogP contribution in [0.3, 0.4) is 0 Å². The molecular weight excluding hydrogens is 365 g/mol. The lowest BCUT2D eigenvalue weighted by molar-refractivity contribution is 0.701. The van der Waals surface area contributed by atoms with Gasteiger partial charge in [0.2, 0.25) is 0 Å². The maximum absolute atomic E-state index is 5.72. The third kappa shape index (κ3) is 3.96. The van der Waals surface area contributed by atoms with E-state index in [1.807, 2.05) is 25.1 Å². The van der Waals surface area contributed by atoms with E-state index in [1.54, 1.807) is 6.08 Å². The summed E-state index contributed by atoms with van der Waals surface area (Å²) in [6.45, 7) is 7.63. The minimum absolute atomic E-state index is 0. The summed E-state index contributed by atoms with van der Waals surface area (Å²) in [4.78, 5) is 8.79. The number of hydrogen-bond donors (Lipinski definition) is 2. The van der Waals surface area contributed by atoms with Gasteiger partial charge in [0.15, 0.2) is 5.96 Å². The van der Waals surface area contributed by atoms with Gasteiger partial charge in [0.25, 0.3) is 0 Å². The minimum atomic E-state index is 0. The van der Waals surface area contributed by atoms with E-state index in [-0.39, 0.29) is 24.0 Å². The van der Waals surface area contributed by atoms with Crippen LogP contribution in [0.1, 0.15) is 5.82 Å². The molecule has 0 aliphatic carbocycles. The van der Waals surface area contributed by atoms with Crippen molar-refractivity contribution in [3.8, 4) is 0 Å². The number of benzene rings is 1. The molecule has 1 heterocycles. The second kappa shape index (κ2) is 7.88. The molecule has 0 saturated heterocycles. The zero-order chi connectivity index (χ0) is 13.7. The number of aryl methyl sites for hydroxylation is 1. The normalized spacial score (nSPS) is 11.2.